The van der Waals surface area contributed by atoms with Crippen LogP contribution in [0, 0.1) is 11.7 Å². The summed E-state index contributed by atoms with van der Waals surface area (Å²) in [7, 11) is 1.68. The van der Waals surface area contributed by atoms with Crippen LogP contribution in [0.5, 0.6) is 0 Å². The van der Waals surface area contributed by atoms with Gasteiger partial charge in [-0.25, -0.2) is 9.18 Å². The van der Waals surface area contributed by atoms with Gasteiger partial charge in [-0.05, 0) is 43.4 Å². The predicted octanol–water partition coefficient (Wildman–Crippen LogP) is 1.46. The zero-order chi connectivity index (χ0) is 17.5. The lowest BCUT2D eigenvalue weighted by Gasteiger charge is -2.23. The van der Waals surface area contributed by atoms with Crippen molar-refractivity contribution in [3.8, 4) is 0 Å². The van der Waals surface area contributed by atoms with Gasteiger partial charge in [0.25, 0.3) is 5.91 Å². The number of carbonyl (C=O) groups excluding carboxylic acids is 3. The third-order valence-electron chi connectivity index (χ3n) is 4.64. The first-order valence-electron chi connectivity index (χ1n) is 7.95. The minimum Gasteiger partial charge on any atom is -0.344 e. The Labute approximate surface area is 139 Å². The van der Waals surface area contributed by atoms with Crippen molar-refractivity contribution in [1.29, 1.82) is 0 Å². The Morgan fingerprint density at radius 3 is 2.54 bits per heavy atom. The number of halogens is 1. The summed E-state index contributed by atoms with van der Waals surface area (Å²) in [5, 5.41) is 2.61. The summed E-state index contributed by atoms with van der Waals surface area (Å²) in [6.07, 6.45) is 2.23. The van der Waals surface area contributed by atoms with Crippen LogP contribution in [0.1, 0.15) is 25.3 Å². The van der Waals surface area contributed by atoms with Crippen LogP contribution < -0.4 is 5.32 Å². The highest BCUT2D eigenvalue weighted by Crippen LogP contribution is 2.30. The van der Waals surface area contributed by atoms with Crippen molar-refractivity contribution in [2.24, 2.45) is 5.92 Å². The molecule has 1 atom stereocenters. The molecule has 0 aromatic heterocycles. The number of hydrogen-bond acceptors (Lipinski definition) is 3. The molecule has 1 heterocycles. The van der Waals surface area contributed by atoms with E-state index in [2.05, 4.69) is 5.32 Å². The summed E-state index contributed by atoms with van der Waals surface area (Å²) in [5.41, 5.74) is -0.816. The first kappa shape index (κ1) is 16.4. The number of urea groups is 1. The number of hydrogen-bond donors (Lipinski definition) is 1. The van der Waals surface area contributed by atoms with Crippen LogP contribution in [0.2, 0.25) is 0 Å². The van der Waals surface area contributed by atoms with Crippen molar-refractivity contribution in [2.45, 2.75) is 25.3 Å². The molecule has 1 saturated carbocycles. The number of nitrogens with zero attached hydrogens (tertiary/aromatic N) is 2. The first-order valence-corrected chi connectivity index (χ1v) is 7.95. The molecule has 2 fully saturated rings. The van der Waals surface area contributed by atoms with Crippen LogP contribution in [0.4, 0.5) is 9.18 Å². The van der Waals surface area contributed by atoms with Crippen LogP contribution in [-0.4, -0.2) is 47.8 Å². The van der Waals surface area contributed by atoms with Gasteiger partial charge < -0.3 is 10.2 Å². The summed E-state index contributed by atoms with van der Waals surface area (Å²) in [4.78, 5) is 39.6. The second kappa shape index (κ2) is 5.89. The third kappa shape index (κ3) is 2.98. The molecule has 1 unspecified atom stereocenters. The molecular weight excluding hydrogens is 313 g/mol. The summed E-state index contributed by atoms with van der Waals surface area (Å²) in [6.45, 7) is 1.92. The van der Waals surface area contributed by atoms with Crippen LogP contribution in [0.3, 0.4) is 0 Å². The number of likely N-dealkylation sites (N-methyl/N-ethyl adjacent to an activating group) is 1. The minimum absolute atomic E-state index is 0.270. The quantitative estimate of drug-likeness (QED) is 0.830. The van der Waals surface area contributed by atoms with E-state index in [1.807, 2.05) is 0 Å². The largest absolute Gasteiger partial charge is 0.344 e. The van der Waals surface area contributed by atoms with Gasteiger partial charge in [-0.3, -0.25) is 14.5 Å². The fourth-order valence-corrected chi connectivity index (χ4v) is 2.86. The van der Waals surface area contributed by atoms with Crippen molar-refractivity contribution < 1.29 is 18.8 Å². The average Bonchev–Trinajstić information content (AvgIpc) is 3.32. The Bertz CT molecular complexity index is 687. The molecule has 0 spiro atoms. The smallest absolute Gasteiger partial charge is 0.325 e. The monoisotopic (exact) mass is 333 g/mol. The molecular formula is C17H20FN3O3. The number of benzene rings is 1. The van der Waals surface area contributed by atoms with Gasteiger partial charge in [0.15, 0.2) is 0 Å². The number of carbonyl (C=O) groups is 3. The lowest BCUT2D eigenvalue weighted by Crippen LogP contribution is -2.44. The maximum absolute atomic E-state index is 13.1. The Morgan fingerprint density at radius 2 is 1.96 bits per heavy atom. The fourth-order valence-electron chi connectivity index (χ4n) is 2.86. The molecule has 1 N–H and O–H groups in total. The van der Waals surface area contributed by atoms with Gasteiger partial charge in [-0.2, -0.15) is 0 Å². The summed E-state index contributed by atoms with van der Waals surface area (Å²) < 4.78 is 13.1. The van der Waals surface area contributed by atoms with E-state index in [9.17, 15) is 18.8 Å². The SMILES string of the molecule is CN(CC1CC1)C(=O)CN1C(=O)NC(C)(c2ccc(F)cc2)C1=O. The lowest BCUT2D eigenvalue weighted by molar-refractivity contribution is -0.138. The molecule has 24 heavy (non-hydrogen) atoms. The Hall–Kier alpha value is -2.44. The molecule has 7 heteroatoms. The van der Waals surface area contributed by atoms with Gasteiger partial charge in [-0.15, -0.1) is 0 Å². The second-order valence-corrected chi connectivity index (χ2v) is 6.67. The highest BCUT2D eigenvalue weighted by Gasteiger charge is 2.49. The summed E-state index contributed by atoms with van der Waals surface area (Å²) >= 11 is 0. The maximum atomic E-state index is 13.1. The van der Waals surface area contributed by atoms with E-state index in [1.165, 1.54) is 24.3 Å². The molecule has 1 aromatic carbocycles. The molecule has 4 amide bonds. The maximum Gasteiger partial charge on any atom is 0.325 e. The number of nitrogens with one attached hydrogen (secondary N) is 1. The summed E-state index contributed by atoms with van der Waals surface area (Å²) in [6, 6.07) is 4.77. The highest BCUT2D eigenvalue weighted by atomic mass is 19.1. The lowest BCUT2D eigenvalue weighted by atomic mass is 9.92. The third-order valence-corrected chi connectivity index (χ3v) is 4.64. The van der Waals surface area contributed by atoms with Crippen LogP contribution >= 0.6 is 0 Å². The Balaban J connectivity index is 1.73. The average molecular weight is 333 g/mol. The fraction of sp³-hybridized carbons (Fsp3) is 0.471. The number of amides is 4. The first-order chi connectivity index (χ1) is 11.3. The van der Waals surface area contributed by atoms with E-state index < -0.39 is 23.3 Å². The van der Waals surface area contributed by atoms with E-state index >= 15 is 0 Å². The van der Waals surface area contributed by atoms with Gasteiger partial charge in [0.2, 0.25) is 5.91 Å². The predicted molar refractivity (Wildman–Crippen MR) is 84.4 cm³/mol. The van der Waals surface area contributed by atoms with E-state index in [1.54, 1.807) is 18.9 Å². The zero-order valence-electron chi connectivity index (χ0n) is 13.7. The molecule has 1 saturated heterocycles. The molecule has 2 aliphatic rings. The van der Waals surface area contributed by atoms with Crippen molar-refractivity contribution in [3.05, 3.63) is 35.6 Å². The minimum atomic E-state index is -1.29. The molecule has 0 radical (unpaired) electrons. The highest BCUT2D eigenvalue weighted by molar-refractivity contribution is 6.09. The molecule has 1 aromatic rings. The number of imide groups is 1. The molecule has 128 valence electrons. The summed E-state index contributed by atoms with van der Waals surface area (Å²) in [5.74, 6) is -0.666. The second-order valence-electron chi connectivity index (χ2n) is 6.67. The van der Waals surface area contributed by atoms with Gasteiger partial charge in [0.1, 0.15) is 17.9 Å². The zero-order valence-corrected chi connectivity index (χ0v) is 13.7. The number of rotatable bonds is 5. The van der Waals surface area contributed by atoms with Gasteiger partial charge in [0.05, 0.1) is 0 Å². The topological polar surface area (TPSA) is 69.7 Å². The van der Waals surface area contributed by atoms with E-state index in [0.717, 1.165) is 17.7 Å². The van der Waals surface area contributed by atoms with Gasteiger partial charge >= 0.3 is 6.03 Å². The standard InChI is InChI=1S/C17H20FN3O3/c1-17(12-5-7-13(18)8-6-12)15(23)21(16(24)19-17)10-14(22)20(2)9-11-3-4-11/h5-8,11H,3-4,9-10H2,1-2H3,(H,19,24). The Morgan fingerprint density at radius 1 is 1.33 bits per heavy atom. The molecule has 1 aliphatic heterocycles. The van der Waals surface area contributed by atoms with Crippen molar-refractivity contribution in [3.63, 3.8) is 0 Å². The normalized spacial score (nSPS) is 23.4. The van der Waals surface area contributed by atoms with E-state index in [-0.39, 0.29) is 12.5 Å². The Kier molecular flexibility index (Phi) is 4.03. The van der Waals surface area contributed by atoms with E-state index in [4.69, 9.17) is 0 Å². The van der Waals surface area contributed by atoms with Crippen LogP contribution in [0.15, 0.2) is 24.3 Å². The molecule has 6 nitrogen and oxygen atoms in total. The van der Waals surface area contributed by atoms with Crippen molar-refractivity contribution in [2.75, 3.05) is 20.1 Å². The molecule has 1 aliphatic carbocycles. The van der Waals surface area contributed by atoms with E-state index in [0.29, 0.717) is 18.0 Å². The molecule has 0 bridgehead atoms. The van der Waals surface area contributed by atoms with Crippen molar-refractivity contribution >= 4 is 17.8 Å². The van der Waals surface area contributed by atoms with Gasteiger partial charge in [-0.1, -0.05) is 12.1 Å². The molecule has 3 rings (SSSR count). The van der Waals surface area contributed by atoms with Crippen LogP contribution in [0.25, 0.3) is 0 Å². The van der Waals surface area contributed by atoms with Crippen LogP contribution in [-0.2, 0) is 15.1 Å². The van der Waals surface area contributed by atoms with Crippen molar-refractivity contribution in [1.82, 2.24) is 15.1 Å². The van der Waals surface area contributed by atoms with Gasteiger partial charge in [0, 0.05) is 13.6 Å².